The quantitative estimate of drug-likeness (QED) is 0.916. The van der Waals surface area contributed by atoms with Crippen molar-refractivity contribution in [3.05, 3.63) is 51.3 Å². The molecule has 1 N–H and O–H groups in total. The Balaban J connectivity index is 1.66. The predicted octanol–water partition coefficient (Wildman–Crippen LogP) is 1.93. The number of amides is 1. The first-order valence-corrected chi connectivity index (χ1v) is 8.44. The normalized spacial score (nSPS) is 16.5. The van der Waals surface area contributed by atoms with E-state index in [2.05, 4.69) is 16.4 Å². The van der Waals surface area contributed by atoms with Crippen LogP contribution in [0.3, 0.4) is 0 Å². The standard InChI is InChI=1S/C16H19N3O2S/c20-14(17-9-11-19-10-4-8-18-15(19)21)16(6-1-2-7-16)13-5-3-12-22-13/h3-5,8,10,12H,1-2,6-7,9,11H2,(H,17,20). The Labute approximate surface area is 133 Å². The number of hydrogen-bond donors (Lipinski definition) is 1. The third-order valence-corrected chi connectivity index (χ3v) is 5.38. The Morgan fingerprint density at radius 3 is 2.86 bits per heavy atom. The molecule has 1 amide bonds. The molecule has 1 aliphatic carbocycles. The fourth-order valence-electron chi connectivity index (χ4n) is 3.13. The van der Waals surface area contributed by atoms with Crippen LogP contribution in [0.5, 0.6) is 0 Å². The fraction of sp³-hybridized carbons (Fsp3) is 0.438. The number of hydrogen-bond acceptors (Lipinski definition) is 4. The molecule has 0 radical (unpaired) electrons. The van der Waals surface area contributed by atoms with Gasteiger partial charge in [-0.1, -0.05) is 18.9 Å². The van der Waals surface area contributed by atoms with Gasteiger partial charge in [0.25, 0.3) is 0 Å². The number of nitrogens with zero attached hydrogens (tertiary/aromatic N) is 2. The summed E-state index contributed by atoms with van der Waals surface area (Å²) in [6, 6.07) is 5.77. The van der Waals surface area contributed by atoms with E-state index in [0.717, 1.165) is 30.6 Å². The van der Waals surface area contributed by atoms with Crippen molar-refractivity contribution in [1.82, 2.24) is 14.9 Å². The fourth-order valence-corrected chi connectivity index (χ4v) is 4.11. The molecule has 1 aliphatic rings. The van der Waals surface area contributed by atoms with Gasteiger partial charge >= 0.3 is 5.69 Å². The molecule has 0 bridgehead atoms. The summed E-state index contributed by atoms with van der Waals surface area (Å²) in [7, 11) is 0. The smallest absolute Gasteiger partial charge is 0.347 e. The van der Waals surface area contributed by atoms with Crippen molar-refractivity contribution in [3.63, 3.8) is 0 Å². The van der Waals surface area contributed by atoms with Gasteiger partial charge in [0.1, 0.15) is 0 Å². The van der Waals surface area contributed by atoms with Crippen molar-refractivity contribution in [2.24, 2.45) is 0 Å². The molecule has 0 spiro atoms. The van der Waals surface area contributed by atoms with Crippen LogP contribution >= 0.6 is 11.3 Å². The van der Waals surface area contributed by atoms with Gasteiger partial charge in [-0.25, -0.2) is 9.78 Å². The lowest BCUT2D eigenvalue weighted by atomic mass is 9.83. The molecule has 5 nitrogen and oxygen atoms in total. The predicted molar refractivity (Wildman–Crippen MR) is 86.0 cm³/mol. The number of carbonyl (C=O) groups excluding carboxylic acids is 1. The molecular weight excluding hydrogens is 298 g/mol. The highest BCUT2D eigenvalue weighted by Crippen LogP contribution is 2.43. The molecule has 3 rings (SSSR count). The molecular formula is C16H19N3O2S. The van der Waals surface area contributed by atoms with E-state index in [9.17, 15) is 9.59 Å². The van der Waals surface area contributed by atoms with Gasteiger partial charge in [-0.05, 0) is 30.4 Å². The first-order chi connectivity index (χ1) is 10.7. The van der Waals surface area contributed by atoms with Crippen molar-refractivity contribution in [2.75, 3.05) is 6.54 Å². The van der Waals surface area contributed by atoms with Gasteiger partial charge in [0.2, 0.25) is 5.91 Å². The van der Waals surface area contributed by atoms with Crippen LogP contribution in [0.1, 0.15) is 30.6 Å². The van der Waals surface area contributed by atoms with Gasteiger partial charge in [0, 0.05) is 30.4 Å². The Kier molecular flexibility index (Phi) is 4.38. The van der Waals surface area contributed by atoms with E-state index >= 15 is 0 Å². The highest BCUT2D eigenvalue weighted by atomic mass is 32.1. The Morgan fingerprint density at radius 1 is 1.36 bits per heavy atom. The minimum Gasteiger partial charge on any atom is -0.354 e. The molecule has 2 heterocycles. The monoisotopic (exact) mass is 317 g/mol. The van der Waals surface area contributed by atoms with Crippen LogP contribution in [0.2, 0.25) is 0 Å². The van der Waals surface area contributed by atoms with Gasteiger partial charge in [-0.15, -0.1) is 11.3 Å². The van der Waals surface area contributed by atoms with E-state index in [4.69, 9.17) is 0 Å². The second-order valence-electron chi connectivity index (χ2n) is 5.62. The molecule has 1 fully saturated rings. The van der Waals surface area contributed by atoms with E-state index in [1.54, 1.807) is 23.6 Å². The summed E-state index contributed by atoms with van der Waals surface area (Å²) in [5.41, 5.74) is -0.653. The summed E-state index contributed by atoms with van der Waals surface area (Å²) in [5, 5.41) is 5.04. The first-order valence-electron chi connectivity index (χ1n) is 7.56. The first kappa shape index (κ1) is 15.0. The second-order valence-corrected chi connectivity index (χ2v) is 6.57. The van der Waals surface area contributed by atoms with E-state index in [0.29, 0.717) is 13.1 Å². The zero-order valence-corrected chi connectivity index (χ0v) is 13.1. The van der Waals surface area contributed by atoms with Gasteiger partial charge < -0.3 is 5.32 Å². The summed E-state index contributed by atoms with van der Waals surface area (Å²) in [5.74, 6) is 0.0874. The molecule has 0 atom stereocenters. The molecule has 22 heavy (non-hydrogen) atoms. The van der Waals surface area contributed by atoms with Crippen molar-refractivity contribution in [3.8, 4) is 0 Å². The largest absolute Gasteiger partial charge is 0.354 e. The van der Waals surface area contributed by atoms with Crippen LogP contribution in [0.4, 0.5) is 0 Å². The third kappa shape index (κ3) is 2.83. The molecule has 0 aliphatic heterocycles. The molecule has 116 valence electrons. The van der Waals surface area contributed by atoms with E-state index in [-0.39, 0.29) is 17.0 Å². The number of nitrogens with one attached hydrogen (secondary N) is 1. The summed E-state index contributed by atoms with van der Waals surface area (Å²) in [4.78, 5) is 29.1. The van der Waals surface area contributed by atoms with Crippen molar-refractivity contribution >= 4 is 17.2 Å². The van der Waals surface area contributed by atoms with Gasteiger partial charge in [-0.2, -0.15) is 0 Å². The minimum absolute atomic E-state index is 0.0874. The third-order valence-electron chi connectivity index (χ3n) is 4.31. The SMILES string of the molecule is O=C(NCCn1cccnc1=O)C1(c2cccs2)CCCC1. The van der Waals surface area contributed by atoms with Crippen LogP contribution in [-0.2, 0) is 16.8 Å². The zero-order valence-electron chi connectivity index (χ0n) is 12.3. The highest BCUT2D eigenvalue weighted by Gasteiger charge is 2.43. The Morgan fingerprint density at radius 2 is 2.18 bits per heavy atom. The number of carbonyl (C=O) groups is 1. The summed E-state index contributed by atoms with van der Waals surface area (Å²) in [6.07, 6.45) is 7.16. The zero-order chi connectivity index (χ0) is 15.4. The van der Waals surface area contributed by atoms with Crippen LogP contribution in [0, 0.1) is 0 Å². The van der Waals surface area contributed by atoms with Gasteiger partial charge in [-0.3, -0.25) is 9.36 Å². The summed E-state index contributed by atoms with van der Waals surface area (Å²) < 4.78 is 1.51. The number of rotatable bonds is 5. The van der Waals surface area contributed by atoms with Crippen LogP contribution in [0.15, 0.2) is 40.8 Å². The lowest BCUT2D eigenvalue weighted by Crippen LogP contribution is -2.43. The molecule has 0 unspecified atom stereocenters. The van der Waals surface area contributed by atoms with Gasteiger partial charge in [0.15, 0.2) is 0 Å². The number of aromatic nitrogens is 2. The van der Waals surface area contributed by atoms with Crippen LogP contribution < -0.4 is 11.0 Å². The molecule has 6 heteroatoms. The summed E-state index contributed by atoms with van der Waals surface area (Å²) in [6.45, 7) is 0.885. The molecule has 0 saturated heterocycles. The van der Waals surface area contributed by atoms with E-state index in [1.165, 1.54) is 10.8 Å². The summed E-state index contributed by atoms with van der Waals surface area (Å²) >= 11 is 1.65. The van der Waals surface area contributed by atoms with Gasteiger partial charge in [0.05, 0.1) is 5.41 Å². The average Bonchev–Trinajstić information content (AvgIpc) is 3.21. The lowest BCUT2D eigenvalue weighted by Gasteiger charge is -2.26. The average molecular weight is 317 g/mol. The maximum atomic E-state index is 12.7. The van der Waals surface area contributed by atoms with Crippen LogP contribution in [-0.4, -0.2) is 22.0 Å². The maximum absolute atomic E-state index is 12.7. The molecule has 2 aromatic heterocycles. The van der Waals surface area contributed by atoms with E-state index < -0.39 is 0 Å². The molecule has 0 aromatic carbocycles. The van der Waals surface area contributed by atoms with E-state index in [1.807, 2.05) is 11.4 Å². The van der Waals surface area contributed by atoms with Crippen LogP contribution in [0.25, 0.3) is 0 Å². The number of thiophene rings is 1. The Bertz CT molecular complexity index is 687. The molecule has 1 saturated carbocycles. The minimum atomic E-state index is -0.367. The lowest BCUT2D eigenvalue weighted by molar-refractivity contribution is -0.126. The maximum Gasteiger partial charge on any atom is 0.347 e. The second kappa shape index (κ2) is 6.44. The topological polar surface area (TPSA) is 64.0 Å². The van der Waals surface area contributed by atoms with Crippen molar-refractivity contribution in [2.45, 2.75) is 37.6 Å². The Hall–Kier alpha value is -1.95. The van der Waals surface area contributed by atoms with Crippen molar-refractivity contribution in [1.29, 1.82) is 0 Å². The van der Waals surface area contributed by atoms with Crippen molar-refractivity contribution < 1.29 is 4.79 Å². The highest BCUT2D eigenvalue weighted by molar-refractivity contribution is 7.10. The molecule has 2 aromatic rings.